The second kappa shape index (κ2) is 3.78. The van der Waals surface area contributed by atoms with Gasteiger partial charge < -0.3 is 4.90 Å². The second-order valence-electron chi connectivity index (χ2n) is 3.73. The number of rotatable bonds is 2. The lowest BCUT2D eigenvalue weighted by Gasteiger charge is -2.20. The highest BCUT2D eigenvalue weighted by Crippen LogP contribution is 2.30. The van der Waals surface area contributed by atoms with Crippen LogP contribution in [-0.4, -0.2) is 22.8 Å². The third-order valence-corrected chi connectivity index (χ3v) is 2.74. The molecule has 1 aliphatic rings. The summed E-state index contributed by atoms with van der Waals surface area (Å²) in [5.74, 6) is 0. The van der Waals surface area contributed by atoms with Crippen molar-refractivity contribution in [1.29, 1.82) is 0 Å². The molecule has 0 aromatic carbocycles. The molecule has 1 aromatic rings. The molecule has 1 aromatic heterocycles. The Bertz CT molecular complexity index is 338. The Hall–Kier alpha value is -1.38. The maximum absolute atomic E-state index is 10.8. The molecule has 1 aliphatic heterocycles. The van der Waals surface area contributed by atoms with Gasteiger partial charge in [-0.1, -0.05) is 0 Å². The number of amides is 1. The SMILES string of the molecule is Cc1cc([C@H]2CCCN2C=O)ccn1. The van der Waals surface area contributed by atoms with Crippen LogP contribution in [0.5, 0.6) is 0 Å². The average molecular weight is 190 g/mol. The number of likely N-dealkylation sites (tertiary alicyclic amines) is 1. The van der Waals surface area contributed by atoms with E-state index in [2.05, 4.69) is 11.1 Å². The van der Waals surface area contributed by atoms with E-state index < -0.39 is 0 Å². The fourth-order valence-corrected chi connectivity index (χ4v) is 2.05. The molecule has 0 radical (unpaired) electrons. The van der Waals surface area contributed by atoms with E-state index in [-0.39, 0.29) is 6.04 Å². The van der Waals surface area contributed by atoms with Crippen molar-refractivity contribution in [2.75, 3.05) is 6.54 Å². The fraction of sp³-hybridized carbons (Fsp3) is 0.455. The maximum Gasteiger partial charge on any atom is 0.210 e. The Labute approximate surface area is 83.8 Å². The highest BCUT2D eigenvalue weighted by molar-refractivity contribution is 5.49. The van der Waals surface area contributed by atoms with Crippen molar-refractivity contribution in [2.45, 2.75) is 25.8 Å². The second-order valence-corrected chi connectivity index (χ2v) is 3.73. The van der Waals surface area contributed by atoms with Crippen LogP contribution in [0.3, 0.4) is 0 Å². The van der Waals surface area contributed by atoms with Crippen molar-refractivity contribution in [3.63, 3.8) is 0 Å². The molecule has 1 fully saturated rings. The minimum Gasteiger partial charge on any atom is -0.338 e. The van der Waals surface area contributed by atoms with Crippen LogP contribution in [-0.2, 0) is 4.79 Å². The summed E-state index contributed by atoms with van der Waals surface area (Å²) in [4.78, 5) is 16.8. The van der Waals surface area contributed by atoms with Crippen molar-refractivity contribution < 1.29 is 4.79 Å². The van der Waals surface area contributed by atoms with Gasteiger partial charge in [0.1, 0.15) is 0 Å². The summed E-state index contributed by atoms with van der Waals surface area (Å²) >= 11 is 0. The summed E-state index contributed by atoms with van der Waals surface area (Å²) in [5.41, 5.74) is 2.22. The van der Waals surface area contributed by atoms with Gasteiger partial charge in [0.2, 0.25) is 6.41 Å². The van der Waals surface area contributed by atoms with Crippen LogP contribution in [0.25, 0.3) is 0 Å². The molecule has 0 saturated carbocycles. The minimum atomic E-state index is 0.272. The van der Waals surface area contributed by atoms with Gasteiger partial charge in [-0.05, 0) is 37.5 Å². The third-order valence-electron chi connectivity index (χ3n) is 2.74. The van der Waals surface area contributed by atoms with Gasteiger partial charge in [0.25, 0.3) is 0 Å². The lowest BCUT2D eigenvalue weighted by atomic mass is 10.1. The number of aromatic nitrogens is 1. The molecule has 0 N–H and O–H groups in total. The van der Waals surface area contributed by atoms with E-state index in [4.69, 9.17) is 0 Å². The fourth-order valence-electron chi connectivity index (χ4n) is 2.05. The highest BCUT2D eigenvalue weighted by Gasteiger charge is 2.24. The Morgan fingerprint density at radius 2 is 2.50 bits per heavy atom. The molecule has 0 unspecified atom stereocenters. The van der Waals surface area contributed by atoms with E-state index in [0.29, 0.717) is 0 Å². The largest absolute Gasteiger partial charge is 0.338 e. The van der Waals surface area contributed by atoms with Gasteiger partial charge >= 0.3 is 0 Å². The Morgan fingerprint density at radius 3 is 3.21 bits per heavy atom. The number of nitrogens with zero attached hydrogens (tertiary/aromatic N) is 2. The summed E-state index contributed by atoms with van der Waals surface area (Å²) in [6, 6.07) is 4.33. The van der Waals surface area contributed by atoms with Gasteiger partial charge in [0, 0.05) is 18.4 Å². The van der Waals surface area contributed by atoms with Gasteiger partial charge in [-0.3, -0.25) is 9.78 Å². The molecule has 1 saturated heterocycles. The standard InChI is InChI=1S/C11H14N2O/c1-9-7-10(4-5-12-9)11-3-2-6-13(11)8-14/h4-5,7-8,11H,2-3,6H2,1H3/t11-/m1/s1. The average Bonchev–Trinajstić information content (AvgIpc) is 2.65. The summed E-state index contributed by atoms with van der Waals surface area (Å²) in [5, 5.41) is 0. The summed E-state index contributed by atoms with van der Waals surface area (Å²) in [7, 11) is 0. The molecule has 74 valence electrons. The van der Waals surface area contributed by atoms with Gasteiger partial charge in [-0.15, -0.1) is 0 Å². The van der Waals surface area contributed by atoms with Gasteiger partial charge in [0.05, 0.1) is 6.04 Å². The van der Waals surface area contributed by atoms with Crippen LogP contribution in [0, 0.1) is 6.92 Å². The Morgan fingerprint density at radius 1 is 1.64 bits per heavy atom. The number of hydrogen-bond donors (Lipinski definition) is 0. The summed E-state index contributed by atoms with van der Waals surface area (Å²) < 4.78 is 0. The first-order valence-corrected chi connectivity index (χ1v) is 4.95. The third kappa shape index (κ3) is 1.62. The quantitative estimate of drug-likeness (QED) is 0.665. The molecule has 2 rings (SSSR count). The molecule has 3 heteroatoms. The van der Waals surface area contributed by atoms with Crippen LogP contribution in [0.2, 0.25) is 0 Å². The molecule has 3 nitrogen and oxygen atoms in total. The molecule has 2 heterocycles. The Kier molecular flexibility index (Phi) is 2.48. The maximum atomic E-state index is 10.8. The number of aryl methyl sites for hydroxylation is 1. The zero-order valence-corrected chi connectivity index (χ0v) is 8.31. The molecule has 1 amide bonds. The summed E-state index contributed by atoms with van der Waals surface area (Å²) in [6.45, 7) is 2.86. The topological polar surface area (TPSA) is 33.2 Å². The van der Waals surface area contributed by atoms with Gasteiger partial charge in [-0.25, -0.2) is 0 Å². The Balaban J connectivity index is 2.25. The van der Waals surface area contributed by atoms with E-state index in [1.54, 1.807) is 0 Å². The molecule has 0 aliphatic carbocycles. The van der Waals surface area contributed by atoms with Crippen molar-refractivity contribution in [3.8, 4) is 0 Å². The van der Waals surface area contributed by atoms with E-state index in [1.165, 1.54) is 5.56 Å². The molecular formula is C11H14N2O. The lowest BCUT2D eigenvalue weighted by Crippen LogP contribution is -2.21. The molecular weight excluding hydrogens is 176 g/mol. The number of carbonyl (C=O) groups excluding carboxylic acids is 1. The van der Waals surface area contributed by atoms with Crippen molar-refractivity contribution >= 4 is 6.41 Å². The van der Waals surface area contributed by atoms with Crippen LogP contribution in [0.1, 0.15) is 30.1 Å². The molecule has 1 atom stereocenters. The molecule has 14 heavy (non-hydrogen) atoms. The van der Waals surface area contributed by atoms with Crippen molar-refractivity contribution in [2.24, 2.45) is 0 Å². The van der Waals surface area contributed by atoms with Crippen molar-refractivity contribution in [3.05, 3.63) is 29.6 Å². The lowest BCUT2D eigenvalue weighted by molar-refractivity contribution is -0.118. The van der Waals surface area contributed by atoms with Gasteiger partial charge in [0.15, 0.2) is 0 Å². The first kappa shape index (κ1) is 9.19. The normalized spacial score (nSPS) is 21.2. The van der Waals surface area contributed by atoms with Crippen LogP contribution >= 0.6 is 0 Å². The minimum absolute atomic E-state index is 0.272. The predicted octanol–water partition coefficient (Wildman–Crippen LogP) is 1.68. The number of carbonyl (C=O) groups is 1. The van der Waals surface area contributed by atoms with E-state index in [0.717, 1.165) is 31.5 Å². The van der Waals surface area contributed by atoms with Crippen molar-refractivity contribution in [1.82, 2.24) is 9.88 Å². The monoisotopic (exact) mass is 190 g/mol. The van der Waals surface area contributed by atoms with Crippen LogP contribution in [0.15, 0.2) is 18.3 Å². The van der Waals surface area contributed by atoms with E-state index in [1.807, 2.05) is 24.1 Å². The van der Waals surface area contributed by atoms with Crippen LogP contribution in [0.4, 0.5) is 0 Å². The zero-order valence-electron chi connectivity index (χ0n) is 8.31. The number of hydrogen-bond acceptors (Lipinski definition) is 2. The molecule has 0 spiro atoms. The first-order valence-electron chi connectivity index (χ1n) is 4.95. The highest BCUT2D eigenvalue weighted by atomic mass is 16.1. The predicted molar refractivity (Wildman–Crippen MR) is 53.7 cm³/mol. The zero-order chi connectivity index (χ0) is 9.97. The smallest absolute Gasteiger partial charge is 0.210 e. The van der Waals surface area contributed by atoms with Gasteiger partial charge in [-0.2, -0.15) is 0 Å². The molecule has 0 bridgehead atoms. The number of pyridine rings is 1. The van der Waals surface area contributed by atoms with E-state index in [9.17, 15) is 4.79 Å². The van der Waals surface area contributed by atoms with Crippen LogP contribution < -0.4 is 0 Å². The first-order chi connectivity index (χ1) is 6.81. The van der Waals surface area contributed by atoms with E-state index >= 15 is 0 Å². The summed E-state index contributed by atoms with van der Waals surface area (Å²) in [6.07, 6.45) is 4.94.